The third kappa shape index (κ3) is 5.51. The van der Waals surface area contributed by atoms with E-state index in [0.717, 1.165) is 19.3 Å². The smallest absolute Gasteiger partial charge is 0.267 e. The number of hydrogen-bond donors (Lipinski definition) is 1. The van der Waals surface area contributed by atoms with E-state index < -0.39 is 0 Å². The van der Waals surface area contributed by atoms with Gasteiger partial charge in [0.1, 0.15) is 5.75 Å². The minimum Gasteiger partial charge on any atom is -0.497 e. The first-order chi connectivity index (χ1) is 16.9. The predicted molar refractivity (Wildman–Crippen MR) is 140 cm³/mol. The van der Waals surface area contributed by atoms with Crippen molar-refractivity contribution in [2.75, 3.05) is 12.9 Å². The molecular weight excluding hydrogens is 462 g/mol. The highest BCUT2D eigenvalue weighted by Gasteiger charge is 2.19. The Hall–Kier alpha value is -3.33. The van der Waals surface area contributed by atoms with Gasteiger partial charge >= 0.3 is 0 Å². The molecule has 0 radical (unpaired) electrons. The van der Waals surface area contributed by atoms with Gasteiger partial charge in [-0.2, -0.15) is 0 Å². The van der Waals surface area contributed by atoms with Gasteiger partial charge in [-0.15, -0.1) is 10.2 Å². The monoisotopic (exact) mass is 493 g/mol. The maximum Gasteiger partial charge on any atom is 0.267 e. The van der Waals surface area contributed by atoms with Crippen molar-refractivity contribution >= 4 is 34.3 Å². The Kier molecular flexibility index (Phi) is 7.75. The summed E-state index contributed by atoms with van der Waals surface area (Å²) in [5.74, 6) is 1.92. The zero-order valence-corrected chi connectivity index (χ0v) is 21.3. The van der Waals surface area contributed by atoms with Crippen molar-refractivity contribution in [3.63, 3.8) is 0 Å². The molecule has 1 atom stereocenters. The number of nitrogens with one attached hydrogen (secondary N) is 1. The fourth-order valence-electron chi connectivity index (χ4n) is 4.09. The molecule has 0 aliphatic carbocycles. The Labute approximate surface area is 208 Å². The summed E-state index contributed by atoms with van der Waals surface area (Å²) >= 11 is 1.31. The number of ether oxygens (including phenoxy) is 1. The van der Waals surface area contributed by atoms with E-state index >= 15 is 0 Å². The van der Waals surface area contributed by atoms with Gasteiger partial charge in [0, 0.05) is 6.04 Å². The normalized spacial score (nSPS) is 12.4. The molecule has 1 amide bonds. The van der Waals surface area contributed by atoms with Gasteiger partial charge in [0.25, 0.3) is 5.56 Å². The molecule has 2 aromatic heterocycles. The molecule has 0 bridgehead atoms. The van der Waals surface area contributed by atoms with Gasteiger partial charge < -0.3 is 10.1 Å². The lowest BCUT2D eigenvalue weighted by Crippen LogP contribution is -2.33. The van der Waals surface area contributed by atoms with Gasteiger partial charge in [-0.3, -0.25) is 14.0 Å². The summed E-state index contributed by atoms with van der Waals surface area (Å²) in [6, 6.07) is 14.7. The van der Waals surface area contributed by atoms with Gasteiger partial charge in [-0.1, -0.05) is 50.6 Å². The topological polar surface area (TPSA) is 90.5 Å². The molecule has 1 N–H and O–H groups in total. The Morgan fingerprint density at radius 3 is 2.51 bits per heavy atom. The molecule has 9 heteroatoms. The van der Waals surface area contributed by atoms with E-state index in [1.165, 1.54) is 16.3 Å². The lowest BCUT2D eigenvalue weighted by molar-refractivity contribution is -0.119. The molecule has 184 valence electrons. The Morgan fingerprint density at radius 2 is 1.80 bits per heavy atom. The highest BCUT2D eigenvalue weighted by atomic mass is 32.2. The van der Waals surface area contributed by atoms with Crippen LogP contribution in [0.3, 0.4) is 0 Å². The fourth-order valence-corrected chi connectivity index (χ4v) is 4.84. The maximum atomic E-state index is 13.4. The van der Waals surface area contributed by atoms with E-state index in [9.17, 15) is 9.59 Å². The third-order valence-electron chi connectivity index (χ3n) is 5.88. The van der Waals surface area contributed by atoms with Gasteiger partial charge in [0.15, 0.2) is 5.16 Å². The van der Waals surface area contributed by atoms with Crippen LogP contribution in [0.1, 0.15) is 40.0 Å². The molecule has 0 saturated carbocycles. The number of carbonyl (C=O) groups is 1. The van der Waals surface area contributed by atoms with E-state index in [1.807, 2.05) is 41.7 Å². The average Bonchev–Trinajstić information content (AvgIpc) is 3.27. The van der Waals surface area contributed by atoms with Crippen LogP contribution in [0.2, 0.25) is 0 Å². The highest BCUT2D eigenvalue weighted by Crippen LogP contribution is 2.24. The van der Waals surface area contributed by atoms with E-state index in [4.69, 9.17) is 4.74 Å². The number of carbonyl (C=O) groups excluding carboxylic acids is 1. The first-order valence-corrected chi connectivity index (χ1v) is 12.8. The number of hydrogen-bond acceptors (Lipinski definition) is 6. The van der Waals surface area contributed by atoms with Gasteiger partial charge in [0.2, 0.25) is 11.7 Å². The number of amides is 1. The second kappa shape index (κ2) is 10.9. The van der Waals surface area contributed by atoms with Gasteiger partial charge in [-0.25, -0.2) is 4.57 Å². The first-order valence-electron chi connectivity index (χ1n) is 11.8. The Morgan fingerprint density at radius 1 is 1.06 bits per heavy atom. The first kappa shape index (κ1) is 24.8. The molecule has 0 aliphatic rings. The average molecular weight is 494 g/mol. The summed E-state index contributed by atoms with van der Waals surface area (Å²) in [4.78, 5) is 26.0. The molecule has 0 saturated heterocycles. The summed E-state index contributed by atoms with van der Waals surface area (Å²) in [6.45, 7) is 6.46. The van der Waals surface area contributed by atoms with Crippen molar-refractivity contribution in [1.29, 1.82) is 0 Å². The zero-order chi connectivity index (χ0) is 24.9. The second-order valence-corrected chi connectivity index (χ2v) is 10.00. The number of para-hydroxylation sites is 1. The summed E-state index contributed by atoms with van der Waals surface area (Å²) in [5, 5.41) is 12.8. The quantitative estimate of drug-likeness (QED) is 0.328. The molecule has 8 nitrogen and oxygen atoms in total. The SMILES string of the molecule is COc1ccc(-n2c(=O)c3ccccc3n3c(SCC(=O)NC(C)CCCC(C)C)nnc23)cc1. The van der Waals surface area contributed by atoms with Crippen LogP contribution in [-0.4, -0.2) is 44.0 Å². The number of methoxy groups -OCH3 is 1. The molecular formula is C26H31N5O3S. The minimum absolute atomic E-state index is 0.0448. The third-order valence-corrected chi connectivity index (χ3v) is 6.81. The number of aromatic nitrogens is 4. The van der Waals surface area contributed by atoms with Crippen LogP contribution in [0.25, 0.3) is 22.4 Å². The summed E-state index contributed by atoms with van der Waals surface area (Å²) in [5.41, 5.74) is 1.17. The fraction of sp³-hybridized carbons (Fsp3) is 0.385. The van der Waals surface area contributed by atoms with Crippen molar-refractivity contribution in [1.82, 2.24) is 24.5 Å². The number of nitrogens with zero attached hydrogens (tertiary/aromatic N) is 4. The molecule has 2 aromatic carbocycles. The van der Waals surface area contributed by atoms with Crippen LogP contribution < -0.4 is 15.6 Å². The summed E-state index contributed by atoms with van der Waals surface area (Å²) in [6.07, 6.45) is 3.21. The summed E-state index contributed by atoms with van der Waals surface area (Å²) in [7, 11) is 1.60. The lowest BCUT2D eigenvalue weighted by atomic mass is 10.0. The molecule has 0 spiro atoms. The number of benzene rings is 2. The lowest BCUT2D eigenvalue weighted by Gasteiger charge is -2.14. The molecule has 0 fully saturated rings. The minimum atomic E-state index is -0.185. The molecule has 35 heavy (non-hydrogen) atoms. The molecule has 2 heterocycles. The predicted octanol–water partition coefficient (Wildman–Crippen LogP) is 4.47. The highest BCUT2D eigenvalue weighted by molar-refractivity contribution is 7.99. The number of rotatable bonds is 10. The molecule has 4 aromatic rings. The van der Waals surface area contributed by atoms with Crippen LogP contribution in [0.15, 0.2) is 58.5 Å². The van der Waals surface area contributed by atoms with Crippen molar-refractivity contribution in [3.05, 3.63) is 58.9 Å². The van der Waals surface area contributed by atoms with Crippen molar-refractivity contribution < 1.29 is 9.53 Å². The van der Waals surface area contributed by atoms with Crippen LogP contribution in [0.4, 0.5) is 0 Å². The standard InChI is InChI=1S/C26H31N5O3S/c1-17(2)8-7-9-18(3)27-23(32)16-35-26-29-28-25-30(19-12-14-20(34-4)15-13-19)24(33)21-10-5-6-11-22(21)31(25)26/h5-6,10-15,17-18H,7-9,16H2,1-4H3,(H,27,32). The van der Waals surface area contributed by atoms with Gasteiger partial charge in [0.05, 0.1) is 29.5 Å². The van der Waals surface area contributed by atoms with Gasteiger partial charge in [-0.05, 0) is 55.7 Å². The van der Waals surface area contributed by atoms with E-state index in [1.54, 1.807) is 25.3 Å². The Balaban J connectivity index is 1.62. The molecule has 1 unspecified atom stereocenters. The zero-order valence-electron chi connectivity index (χ0n) is 20.5. The maximum absolute atomic E-state index is 13.4. The Bertz CT molecular complexity index is 1380. The summed E-state index contributed by atoms with van der Waals surface area (Å²) < 4.78 is 8.62. The molecule has 0 aliphatic heterocycles. The number of fused-ring (bicyclic) bond motifs is 3. The van der Waals surface area contributed by atoms with E-state index in [2.05, 4.69) is 29.4 Å². The van der Waals surface area contributed by atoms with E-state index in [-0.39, 0.29) is 23.3 Å². The largest absolute Gasteiger partial charge is 0.497 e. The van der Waals surface area contributed by atoms with Crippen LogP contribution in [0.5, 0.6) is 5.75 Å². The van der Waals surface area contributed by atoms with Crippen LogP contribution in [-0.2, 0) is 4.79 Å². The second-order valence-electron chi connectivity index (χ2n) is 9.06. The van der Waals surface area contributed by atoms with Crippen molar-refractivity contribution in [3.8, 4) is 11.4 Å². The van der Waals surface area contributed by atoms with E-state index in [0.29, 0.717) is 39.2 Å². The van der Waals surface area contributed by atoms with Crippen LogP contribution >= 0.6 is 11.8 Å². The van der Waals surface area contributed by atoms with Crippen molar-refractivity contribution in [2.24, 2.45) is 5.92 Å². The van der Waals surface area contributed by atoms with Crippen LogP contribution in [0, 0.1) is 5.92 Å². The van der Waals surface area contributed by atoms with Crippen molar-refractivity contribution in [2.45, 2.75) is 51.2 Å². The molecule has 4 rings (SSSR count). The number of thioether (sulfide) groups is 1.